The summed E-state index contributed by atoms with van der Waals surface area (Å²) in [5.41, 5.74) is -0.670. The topological polar surface area (TPSA) is 46.2 Å². The Morgan fingerprint density at radius 1 is 1.47 bits per heavy atom. The highest BCUT2D eigenvalue weighted by molar-refractivity contribution is 7.91. The van der Waals surface area contributed by atoms with E-state index < -0.39 is 15.6 Å². The van der Waals surface area contributed by atoms with Crippen LogP contribution in [0.3, 0.4) is 0 Å². The molecule has 0 saturated heterocycles. The zero-order valence-electron chi connectivity index (χ0n) is 8.25. The maximum absolute atomic E-state index is 11.8. The van der Waals surface area contributed by atoms with Gasteiger partial charge in [-0.2, -0.15) is 0 Å². The molecule has 0 aliphatic heterocycles. The minimum Gasteiger partial charge on any atom is -0.206 e. The van der Waals surface area contributed by atoms with E-state index in [1.54, 1.807) is 19.9 Å². The van der Waals surface area contributed by atoms with Crippen LogP contribution in [0.15, 0.2) is 16.3 Å². The third-order valence-electron chi connectivity index (χ3n) is 1.56. The quantitative estimate of drug-likeness (QED) is 0.866. The lowest BCUT2D eigenvalue weighted by Crippen LogP contribution is -2.44. The van der Waals surface area contributed by atoms with Crippen LogP contribution < -0.4 is 4.72 Å². The molecule has 1 rings (SSSR count). The van der Waals surface area contributed by atoms with Crippen LogP contribution in [0.5, 0.6) is 0 Å². The fourth-order valence-electron chi connectivity index (χ4n) is 0.883. The van der Waals surface area contributed by atoms with Crippen LogP contribution >= 0.6 is 34.5 Å². The standard InChI is InChI=1S/C8H11Cl2NO2S2/c1-8(2,5-9)11-15(12,13)7-4-3-6(10)14-7/h3-4,11H,5H2,1-2H3. The molecule has 1 heterocycles. The average molecular weight is 288 g/mol. The highest BCUT2D eigenvalue weighted by atomic mass is 35.5. The van der Waals surface area contributed by atoms with Crippen molar-refractivity contribution in [1.29, 1.82) is 0 Å². The fraction of sp³-hybridized carbons (Fsp3) is 0.500. The second kappa shape index (κ2) is 4.59. The molecule has 0 unspecified atom stereocenters. The fourth-order valence-corrected chi connectivity index (χ4v) is 3.92. The molecule has 0 spiro atoms. The summed E-state index contributed by atoms with van der Waals surface area (Å²) in [6.45, 7) is 3.43. The normalized spacial score (nSPS) is 13.1. The summed E-state index contributed by atoms with van der Waals surface area (Å²) in [5, 5.41) is 0. The molecular weight excluding hydrogens is 277 g/mol. The molecular formula is C8H11Cl2NO2S2. The number of alkyl halides is 1. The lowest BCUT2D eigenvalue weighted by atomic mass is 10.1. The van der Waals surface area contributed by atoms with Crippen LogP contribution in [0.25, 0.3) is 0 Å². The van der Waals surface area contributed by atoms with E-state index in [1.165, 1.54) is 6.07 Å². The first-order valence-electron chi connectivity index (χ1n) is 4.12. The Hall–Kier alpha value is 0.190. The second-order valence-electron chi connectivity index (χ2n) is 3.68. The monoisotopic (exact) mass is 287 g/mol. The molecule has 0 aromatic carbocycles. The van der Waals surface area contributed by atoms with E-state index in [2.05, 4.69) is 4.72 Å². The molecule has 0 radical (unpaired) electrons. The number of thiophene rings is 1. The minimum absolute atomic E-state index is 0.200. The number of halogens is 2. The highest BCUT2D eigenvalue weighted by Crippen LogP contribution is 2.26. The first kappa shape index (κ1) is 13.3. The Morgan fingerprint density at radius 2 is 2.07 bits per heavy atom. The summed E-state index contributed by atoms with van der Waals surface area (Å²) in [4.78, 5) is 0. The number of nitrogens with one attached hydrogen (secondary N) is 1. The van der Waals surface area contributed by atoms with Crippen LogP contribution in [0.1, 0.15) is 13.8 Å². The Bertz CT molecular complexity index is 439. The van der Waals surface area contributed by atoms with Crippen LogP contribution in [-0.2, 0) is 10.0 Å². The van der Waals surface area contributed by atoms with Gasteiger partial charge in [-0.3, -0.25) is 0 Å². The first-order chi connectivity index (χ1) is 6.77. The molecule has 1 N–H and O–H groups in total. The maximum Gasteiger partial charge on any atom is 0.250 e. The molecule has 0 fully saturated rings. The van der Waals surface area contributed by atoms with Crippen molar-refractivity contribution < 1.29 is 8.42 Å². The molecule has 7 heteroatoms. The summed E-state index contributed by atoms with van der Waals surface area (Å²) in [6.07, 6.45) is 0. The van der Waals surface area contributed by atoms with Crippen LogP contribution in [0.4, 0.5) is 0 Å². The van der Waals surface area contributed by atoms with Gasteiger partial charge in [0.15, 0.2) is 0 Å². The second-order valence-corrected chi connectivity index (χ2v) is 7.57. The third kappa shape index (κ3) is 3.60. The average Bonchev–Trinajstić information content (AvgIpc) is 2.51. The Morgan fingerprint density at radius 3 is 2.47 bits per heavy atom. The van der Waals surface area contributed by atoms with Gasteiger partial charge in [-0.05, 0) is 26.0 Å². The van der Waals surface area contributed by atoms with E-state index in [-0.39, 0.29) is 10.1 Å². The van der Waals surface area contributed by atoms with Crippen LogP contribution in [0.2, 0.25) is 4.34 Å². The van der Waals surface area contributed by atoms with Crippen molar-refractivity contribution in [3.8, 4) is 0 Å². The number of rotatable bonds is 4. The summed E-state index contributed by atoms with van der Waals surface area (Å²) >= 11 is 12.3. The highest BCUT2D eigenvalue weighted by Gasteiger charge is 2.26. The van der Waals surface area contributed by atoms with Crippen molar-refractivity contribution in [2.45, 2.75) is 23.6 Å². The molecule has 0 atom stereocenters. The van der Waals surface area contributed by atoms with Crippen molar-refractivity contribution in [2.24, 2.45) is 0 Å². The van der Waals surface area contributed by atoms with Crippen molar-refractivity contribution in [3.05, 3.63) is 16.5 Å². The Kier molecular flexibility index (Phi) is 4.06. The van der Waals surface area contributed by atoms with E-state index in [9.17, 15) is 8.42 Å². The third-order valence-corrected chi connectivity index (χ3v) is 5.65. The first-order valence-corrected chi connectivity index (χ1v) is 7.33. The van der Waals surface area contributed by atoms with Crippen LogP contribution in [0, 0.1) is 0 Å². The predicted octanol–water partition coefficient (Wildman–Crippen LogP) is 2.70. The Balaban J connectivity index is 2.95. The van der Waals surface area contributed by atoms with E-state index in [4.69, 9.17) is 23.2 Å². The van der Waals surface area contributed by atoms with E-state index in [1.807, 2.05) is 0 Å². The van der Waals surface area contributed by atoms with Crippen molar-refractivity contribution in [1.82, 2.24) is 4.72 Å². The maximum atomic E-state index is 11.8. The van der Waals surface area contributed by atoms with Gasteiger partial charge in [-0.25, -0.2) is 13.1 Å². The van der Waals surface area contributed by atoms with Gasteiger partial charge in [0, 0.05) is 11.4 Å². The lowest BCUT2D eigenvalue weighted by Gasteiger charge is -2.22. The lowest BCUT2D eigenvalue weighted by molar-refractivity contribution is 0.497. The van der Waals surface area contributed by atoms with Gasteiger partial charge in [-0.1, -0.05) is 11.6 Å². The van der Waals surface area contributed by atoms with Gasteiger partial charge in [0.05, 0.1) is 4.34 Å². The molecule has 3 nitrogen and oxygen atoms in total. The summed E-state index contributed by atoms with van der Waals surface area (Å²) in [5.74, 6) is 0.200. The molecule has 15 heavy (non-hydrogen) atoms. The van der Waals surface area contributed by atoms with Crippen LogP contribution in [-0.4, -0.2) is 19.8 Å². The van der Waals surface area contributed by atoms with Gasteiger partial charge < -0.3 is 0 Å². The molecule has 0 saturated carbocycles. The van der Waals surface area contributed by atoms with Gasteiger partial charge in [0.25, 0.3) is 10.0 Å². The summed E-state index contributed by atoms with van der Waals surface area (Å²) < 4.78 is 26.8. The van der Waals surface area contributed by atoms with Crippen molar-refractivity contribution in [2.75, 3.05) is 5.88 Å². The summed E-state index contributed by atoms with van der Waals surface area (Å²) in [7, 11) is -3.51. The summed E-state index contributed by atoms with van der Waals surface area (Å²) in [6, 6.07) is 3.02. The molecule has 0 amide bonds. The van der Waals surface area contributed by atoms with Crippen molar-refractivity contribution >= 4 is 44.6 Å². The van der Waals surface area contributed by atoms with Gasteiger partial charge in [0.1, 0.15) is 4.21 Å². The van der Waals surface area contributed by atoms with Gasteiger partial charge in [-0.15, -0.1) is 22.9 Å². The molecule has 0 bridgehead atoms. The zero-order valence-corrected chi connectivity index (χ0v) is 11.4. The Labute approximate surface area is 103 Å². The van der Waals surface area contributed by atoms with Gasteiger partial charge >= 0.3 is 0 Å². The number of hydrogen-bond donors (Lipinski definition) is 1. The van der Waals surface area contributed by atoms with E-state index in [0.29, 0.717) is 4.34 Å². The van der Waals surface area contributed by atoms with Crippen molar-refractivity contribution in [3.63, 3.8) is 0 Å². The van der Waals surface area contributed by atoms with E-state index >= 15 is 0 Å². The molecule has 0 aliphatic carbocycles. The van der Waals surface area contributed by atoms with E-state index in [0.717, 1.165) is 11.3 Å². The smallest absolute Gasteiger partial charge is 0.206 e. The number of sulfonamides is 1. The molecule has 1 aromatic heterocycles. The molecule has 1 aromatic rings. The molecule has 86 valence electrons. The van der Waals surface area contributed by atoms with Gasteiger partial charge in [0.2, 0.25) is 0 Å². The molecule has 0 aliphatic rings. The number of hydrogen-bond acceptors (Lipinski definition) is 3. The zero-order chi connectivity index (χ0) is 11.7. The largest absolute Gasteiger partial charge is 0.250 e. The minimum atomic E-state index is -3.51. The predicted molar refractivity (Wildman–Crippen MR) is 64.4 cm³/mol. The SMILES string of the molecule is CC(C)(CCl)NS(=O)(=O)c1ccc(Cl)s1.